The predicted molar refractivity (Wildman–Crippen MR) is 62.4 cm³/mol. The molecular formula is C12H21NO4. The number of rotatable bonds is 6. The van der Waals surface area contributed by atoms with Crippen molar-refractivity contribution in [2.24, 2.45) is 11.8 Å². The molecule has 0 radical (unpaired) electrons. The molecule has 0 saturated heterocycles. The molecular weight excluding hydrogens is 222 g/mol. The van der Waals surface area contributed by atoms with E-state index in [0.717, 1.165) is 19.3 Å². The van der Waals surface area contributed by atoms with Crippen LogP contribution in [-0.2, 0) is 9.59 Å². The van der Waals surface area contributed by atoms with Gasteiger partial charge in [0.05, 0.1) is 12.5 Å². The Kier molecular flexibility index (Phi) is 4.93. The van der Waals surface area contributed by atoms with Crippen LogP contribution in [0.5, 0.6) is 0 Å². The van der Waals surface area contributed by atoms with E-state index in [-0.39, 0.29) is 18.6 Å². The molecule has 1 rings (SSSR count). The standard InChI is InChI=1S/C12H21NO4/c1-8(9(2)12(16)17)11(15)13(6-7-14)10-4-3-5-10/h8-10,14H,3-7H2,1-2H3,(H,16,17). The molecule has 0 heterocycles. The maximum atomic E-state index is 12.2. The van der Waals surface area contributed by atoms with Crippen LogP contribution in [-0.4, -0.2) is 46.2 Å². The number of hydrogen-bond donors (Lipinski definition) is 2. The lowest BCUT2D eigenvalue weighted by atomic mass is 9.88. The number of carboxylic acid groups (broad SMARTS) is 1. The minimum atomic E-state index is -0.955. The van der Waals surface area contributed by atoms with Gasteiger partial charge in [-0.25, -0.2) is 0 Å². The molecule has 1 aliphatic rings. The molecule has 0 aromatic heterocycles. The van der Waals surface area contributed by atoms with Gasteiger partial charge in [0.25, 0.3) is 0 Å². The molecule has 2 N–H and O–H groups in total. The fraction of sp³-hybridized carbons (Fsp3) is 0.833. The Labute approximate surface area is 101 Å². The van der Waals surface area contributed by atoms with Crippen LogP contribution in [0, 0.1) is 11.8 Å². The summed E-state index contributed by atoms with van der Waals surface area (Å²) in [4.78, 5) is 24.7. The van der Waals surface area contributed by atoms with Crippen molar-refractivity contribution in [2.75, 3.05) is 13.2 Å². The van der Waals surface area contributed by atoms with Gasteiger partial charge in [0.2, 0.25) is 5.91 Å². The van der Waals surface area contributed by atoms with Gasteiger partial charge >= 0.3 is 5.97 Å². The molecule has 0 aromatic rings. The largest absolute Gasteiger partial charge is 0.481 e. The van der Waals surface area contributed by atoms with Crippen LogP contribution in [0.4, 0.5) is 0 Å². The van der Waals surface area contributed by atoms with Crippen molar-refractivity contribution in [2.45, 2.75) is 39.2 Å². The van der Waals surface area contributed by atoms with Gasteiger partial charge in [-0.05, 0) is 19.3 Å². The first-order valence-corrected chi connectivity index (χ1v) is 6.13. The zero-order valence-corrected chi connectivity index (χ0v) is 10.4. The van der Waals surface area contributed by atoms with Crippen LogP contribution in [0.2, 0.25) is 0 Å². The van der Waals surface area contributed by atoms with Gasteiger partial charge in [-0.3, -0.25) is 9.59 Å². The summed E-state index contributed by atoms with van der Waals surface area (Å²) in [5.41, 5.74) is 0. The Bertz CT molecular complexity index is 288. The number of aliphatic hydroxyl groups is 1. The number of hydrogen-bond acceptors (Lipinski definition) is 3. The third-order valence-corrected chi connectivity index (χ3v) is 3.67. The zero-order chi connectivity index (χ0) is 13.0. The quantitative estimate of drug-likeness (QED) is 0.720. The van der Waals surface area contributed by atoms with Gasteiger partial charge in [0, 0.05) is 18.5 Å². The smallest absolute Gasteiger partial charge is 0.307 e. The summed E-state index contributed by atoms with van der Waals surface area (Å²) in [6.45, 7) is 3.42. The van der Waals surface area contributed by atoms with E-state index < -0.39 is 17.8 Å². The minimum Gasteiger partial charge on any atom is -0.481 e. The second-order valence-electron chi connectivity index (χ2n) is 4.76. The number of amides is 1. The first-order valence-electron chi connectivity index (χ1n) is 6.13. The predicted octanol–water partition coefficient (Wildman–Crippen LogP) is 0.717. The maximum Gasteiger partial charge on any atom is 0.307 e. The fourth-order valence-corrected chi connectivity index (χ4v) is 1.97. The van der Waals surface area contributed by atoms with Gasteiger partial charge < -0.3 is 15.1 Å². The molecule has 0 aliphatic heterocycles. The first-order chi connectivity index (χ1) is 7.99. The van der Waals surface area contributed by atoms with Gasteiger partial charge in [0.15, 0.2) is 0 Å². The van der Waals surface area contributed by atoms with Gasteiger partial charge in [-0.15, -0.1) is 0 Å². The van der Waals surface area contributed by atoms with Crippen molar-refractivity contribution >= 4 is 11.9 Å². The summed E-state index contributed by atoms with van der Waals surface area (Å²) >= 11 is 0. The molecule has 1 aliphatic carbocycles. The Morgan fingerprint density at radius 1 is 1.29 bits per heavy atom. The molecule has 1 saturated carbocycles. The van der Waals surface area contributed by atoms with E-state index in [1.807, 2.05) is 0 Å². The SMILES string of the molecule is CC(C(=O)O)C(C)C(=O)N(CCO)C1CCC1. The third kappa shape index (κ3) is 3.19. The number of carbonyl (C=O) groups excluding carboxylic acids is 1. The van der Waals surface area contributed by atoms with E-state index in [9.17, 15) is 9.59 Å². The van der Waals surface area contributed by atoms with Crippen molar-refractivity contribution < 1.29 is 19.8 Å². The van der Waals surface area contributed by atoms with Crippen LogP contribution in [0.3, 0.4) is 0 Å². The lowest BCUT2D eigenvalue weighted by Gasteiger charge is -2.39. The average molecular weight is 243 g/mol. The highest BCUT2D eigenvalue weighted by Gasteiger charge is 2.34. The highest BCUT2D eigenvalue weighted by molar-refractivity contribution is 5.84. The number of carboxylic acids is 1. The summed E-state index contributed by atoms with van der Waals surface area (Å²) in [6.07, 6.45) is 3.02. The second-order valence-corrected chi connectivity index (χ2v) is 4.76. The van der Waals surface area contributed by atoms with Crippen LogP contribution in [0.25, 0.3) is 0 Å². The topological polar surface area (TPSA) is 77.8 Å². The molecule has 1 amide bonds. The van der Waals surface area contributed by atoms with Gasteiger partial charge in [0.1, 0.15) is 0 Å². The molecule has 0 bridgehead atoms. The molecule has 0 spiro atoms. The van der Waals surface area contributed by atoms with Gasteiger partial charge in [-0.2, -0.15) is 0 Å². The summed E-state index contributed by atoms with van der Waals surface area (Å²) < 4.78 is 0. The number of nitrogens with zero attached hydrogens (tertiary/aromatic N) is 1. The molecule has 0 aromatic carbocycles. The highest BCUT2D eigenvalue weighted by Crippen LogP contribution is 2.27. The van der Waals surface area contributed by atoms with Crippen molar-refractivity contribution in [1.29, 1.82) is 0 Å². The Morgan fingerprint density at radius 3 is 2.24 bits per heavy atom. The highest BCUT2D eigenvalue weighted by atomic mass is 16.4. The van der Waals surface area contributed by atoms with Crippen molar-refractivity contribution in [3.05, 3.63) is 0 Å². The third-order valence-electron chi connectivity index (χ3n) is 3.67. The van der Waals surface area contributed by atoms with E-state index in [2.05, 4.69) is 0 Å². The monoisotopic (exact) mass is 243 g/mol. The minimum absolute atomic E-state index is 0.0730. The lowest BCUT2D eigenvalue weighted by molar-refractivity contribution is -0.151. The van der Waals surface area contributed by atoms with Crippen molar-refractivity contribution in [1.82, 2.24) is 4.90 Å². The molecule has 2 unspecified atom stereocenters. The van der Waals surface area contributed by atoms with E-state index in [1.165, 1.54) is 0 Å². The molecule has 1 fully saturated rings. The van der Waals surface area contributed by atoms with Crippen molar-refractivity contribution in [3.63, 3.8) is 0 Å². The Morgan fingerprint density at radius 2 is 1.88 bits per heavy atom. The summed E-state index contributed by atoms with van der Waals surface area (Å²) in [5, 5.41) is 17.9. The normalized spacial score (nSPS) is 19.2. The first kappa shape index (κ1) is 14.0. The molecule has 5 nitrogen and oxygen atoms in total. The summed E-state index contributed by atoms with van der Waals surface area (Å²) in [5.74, 6) is -2.34. The Balaban J connectivity index is 2.66. The van der Waals surface area contributed by atoms with Gasteiger partial charge in [-0.1, -0.05) is 13.8 Å². The summed E-state index contributed by atoms with van der Waals surface area (Å²) in [6, 6.07) is 0.193. The molecule has 2 atom stereocenters. The van der Waals surface area contributed by atoms with E-state index in [4.69, 9.17) is 10.2 Å². The fourth-order valence-electron chi connectivity index (χ4n) is 1.97. The van der Waals surface area contributed by atoms with E-state index in [1.54, 1.807) is 18.7 Å². The molecule has 17 heavy (non-hydrogen) atoms. The number of aliphatic hydroxyl groups excluding tert-OH is 1. The molecule has 98 valence electrons. The lowest BCUT2D eigenvalue weighted by Crippen LogP contribution is -2.49. The number of aliphatic carboxylic acids is 1. The second kappa shape index (κ2) is 6.00. The summed E-state index contributed by atoms with van der Waals surface area (Å²) in [7, 11) is 0. The van der Waals surface area contributed by atoms with Crippen LogP contribution < -0.4 is 0 Å². The molecule has 5 heteroatoms. The maximum absolute atomic E-state index is 12.2. The van der Waals surface area contributed by atoms with Crippen LogP contribution in [0.1, 0.15) is 33.1 Å². The number of carbonyl (C=O) groups is 2. The van der Waals surface area contributed by atoms with E-state index in [0.29, 0.717) is 6.54 Å². The average Bonchev–Trinajstić information content (AvgIpc) is 2.22. The van der Waals surface area contributed by atoms with Crippen LogP contribution >= 0.6 is 0 Å². The Hall–Kier alpha value is -1.10. The van der Waals surface area contributed by atoms with Crippen molar-refractivity contribution in [3.8, 4) is 0 Å². The van der Waals surface area contributed by atoms with E-state index >= 15 is 0 Å². The van der Waals surface area contributed by atoms with Crippen LogP contribution in [0.15, 0.2) is 0 Å². The zero-order valence-electron chi connectivity index (χ0n) is 10.4.